The van der Waals surface area contributed by atoms with Crippen LogP contribution in [0.1, 0.15) is 22.8 Å². The molecule has 0 spiro atoms. The summed E-state index contributed by atoms with van der Waals surface area (Å²) in [5, 5.41) is 2.58. The van der Waals surface area contributed by atoms with E-state index < -0.39 is 40.6 Å². The van der Waals surface area contributed by atoms with Gasteiger partial charge in [-0.05, 0) is 12.1 Å². The molecule has 0 saturated carbocycles. The SMILES string of the molecule is CON(C)C(=O)c1cc(NC(C)=O)c(F)c(C(F)(F)F)c1. The fourth-order valence-electron chi connectivity index (χ4n) is 1.50. The van der Waals surface area contributed by atoms with Crippen molar-refractivity contribution in [3.8, 4) is 0 Å². The highest BCUT2D eigenvalue weighted by Gasteiger charge is 2.36. The molecule has 21 heavy (non-hydrogen) atoms. The van der Waals surface area contributed by atoms with Crippen LogP contribution < -0.4 is 5.32 Å². The molecule has 0 bridgehead atoms. The van der Waals surface area contributed by atoms with Crippen LogP contribution in [0, 0.1) is 5.82 Å². The van der Waals surface area contributed by atoms with Gasteiger partial charge in [0.2, 0.25) is 5.91 Å². The molecule has 0 saturated heterocycles. The second-order valence-electron chi connectivity index (χ2n) is 4.05. The maximum atomic E-state index is 13.8. The number of hydroxylamine groups is 2. The average Bonchev–Trinajstić information content (AvgIpc) is 2.37. The Balaban J connectivity index is 3.46. The van der Waals surface area contributed by atoms with Crippen molar-refractivity contribution in [2.45, 2.75) is 13.1 Å². The van der Waals surface area contributed by atoms with Gasteiger partial charge in [0, 0.05) is 19.5 Å². The third-order valence-corrected chi connectivity index (χ3v) is 2.50. The highest BCUT2D eigenvalue weighted by molar-refractivity contribution is 5.96. The number of nitrogens with one attached hydrogen (secondary N) is 1. The van der Waals surface area contributed by atoms with Crippen molar-refractivity contribution in [2.24, 2.45) is 0 Å². The number of hydrogen-bond donors (Lipinski definition) is 1. The highest BCUT2D eigenvalue weighted by atomic mass is 19.4. The Bertz CT molecular complexity index is 572. The molecule has 0 aliphatic carbocycles. The van der Waals surface area contributed by atoms with Crippen LogP contribution in [-0.2, 0) is 15.8 Å². The van der Waals surface area contributed by atoms with Gasteiger partial charge in [-0.15, -0.1) is 0 Å². The fraction of sp³-hybridized carbons (Fsp3) is 0.333. The van der Waals surface area contributed by atoms with Crippen molar-refractivity contribution < 1.29 is 32.0 Å². The van der Waals surface area contributed by atoms with Gasteiger partial charge in [0.15, 0.2) is 5.82 Å². The molecule has 5 nitrogen and oxygen atoms in total. The van der Waals surface area contributed by atoms with Crippen LogP contribution in [0.5, 0.6) is 0 Å². The van der Waals surface area contributed by atoms with Crippen molar-refractivity contribution in [2.75, 3.05) is 19.5 Å². The minimum absolute atomic E-state index is 0.360. The predicted octanol–water partition coefficient (Wildman–Crippen LogP) is 2.44. The molecule has 0 aromatic heterocycles. The van der Waals surface area contributed by atoms with Gasteiger partial charge >= 0.3 is 6.18 Å². The molecule has 116 valence electrons. The van der Waals surface area contributed by atoms with E-state index in [2.05, 4.69) is 4.84 Å². The number of carbonyl (C=O) groups excluding carboxylic acids is 2. The van der Waals surface area contributed by atoms with Crippen molar-refractivity contribution in [1.29, 1.82) is 0 Å². The topological polar surface area (TPSA) is 58.6 Å². The quantitative estimate of drug-likeness (QED) is 0.689. The van der Waals surface area contributed by atoms with Gasteiger partial charge in [-0.3, -0.25) is 14.4 Å². The summed E-state index contributed by atoms with van der Waals surface area (Å²) >= 11 is 0. The predicted molar refractivity (Wildman–Crippen MR) is 64.8 cm³/mol. The number of alkyl halides is 3. The molecule has 0 radical (unpaired) electrons. The first-order valence-corrected chi connectivity index (χ1v) is 5.58. The first-order valence-electron chi connectivity index (χ1n) is 5.58. The normalized spacial score (nSPS) is 11.2. The van der Waals surface area contributed by atoms with Crippen LogP contribution in [0.2, 0.25) is 0 Å². The zero-order chi connectivity index (χ0) is 16.4. The monoisotopic (exact) mass is 308 g/mol. The number of benzene rings is 1. The lowest BCUT2D eigenvalue weighted by Crippen LogP contribution is -2.26. The first kappa shape index (κ1) is 16.9. The van der Waals surface area contributed by atoms with Gasteiger partial charge in [-0.25, -0.2) is 9.45 Å². The van der Waals surface area contributed by atoms with Crippen LogP contribution in [0.15, 0.2) is 12.1 Å². The summed E-state index contributed by atoms with van der Waals surface area (Å²) in [6.07, 6.45) is -5.01. The van der Waals surface area contributed by atoms with Gasteiger partial charge in [-0.2, -0.15) is 13.2 Å². The maximum absolute atomic E-state index is 13.8. The first-order chi connectivity index (χ1) is 9.57. The van der Waals surface area contributed by atoms with Crippen molar-refractivity contribution in [1.82, 2.24) is 5.06 Å². The van der Waals surface area contributed by atoms with Gasteiger partial charge in [-0.1, -0.05) is 0 Å². The molecule has 1 rings (SSSR count). The molecule has 1 N–H and O–H groups in total. The third-order valence-electron chi connectivity index (χ3n) is 2.50. The largest absolute Gasteiger partial charge is 0.419 e. The highest BCUT2D eigenvalue weighted by Crippen LogP contribution is 2.35. The lowest BCUT2D eigenvalue weighted by atomic mass is 10.1. The molecule has 0 aliphatic rings. The molecule has 0 aliphatic heterocycles. The molecule has 0 atom stereocenters. The molecular weight excluding hydrogens is 296 g/mol. The maximum Gasteiger partial charge on any atom is 0.419 e. The lowest BCUT2D eigenvalue weighted by Gasteiger charge is -2.17. The molecular formula is C12H12F4N2O3. The Morgan fingerprint density at radius 1 is 1.29 bits per heavy atom. The van der Waals surface area contributed by atoms with Gasteiger partial charge in [0.1, 0.15) is 0 Å². The van der Waals surface area contributed by atoms with E-state index in [0.717, 1.165) is 20.1 Å². The average molecular weight is 308 g/mol. The van der Waals surface area contributed by atoms with E-state index in [1.54, 1.807) is 0 Å². The Morgan fingerprint density at radius 2 is 1.86 bits per heavy atom. The molecule has 0 unspecified atom stereocenters. The smallest absolute Gasteiger partial charge is 0.324 e. The van der Waals surface area contributed by atoms with Gasteiger partial charge in [0.05, 0.1) is 18.4 Å². The van der Waals surface area contributed by atoms with Gasteiger partial charge < -0.3 is 5.32 Å². The van der Waals surface area contributed by atoms with Crippen LogP contribution in [0.25, 0.3) is 0 Å². The number of amides is 2. The Kier molecular flexibility index (Phi) is 4.89. The minimum Gasteiger partial charge on any atom is -0.324 e. The van der Waals surface area contributed by atoms with Gasteiger partial charge in [0.25, 0.3) is 5.91 Å². The second-order valence-corrected chi connectivity index (χ2v) is 4.05. The van der Waals surface area contributed by atoms with E-state index in [9.17, 15) is 27.2 Å². The summed E-state index contributed by atoms with van der Waals surface area (Å²) in [6.45, 7) is 1.00. The summed E-state index contributed by atoms with van der Waals surface area (Å²) in [5.41, 5.74) is -2.86. The Morgan fingerprint density at radius 3 is 2.29 bits per heavy atom. The summed E-state index contributed by atoms with van der Waals surface area (Å²) in [4.78, 5) is 27.3. The summed E-state index contributed by atoms with van der Waals surface area (Å²) < 4.78 is 52.1. The molecule has 9 heteroatoms. The number of carbonyl (C=O) groups is 2. The Hall–Kier alpha value is -2.16. The van der Waals surface area contributed by atoms with Crippen LogP contribution >= 0.6 is 0 Å². The molecule has 1 aromatic rings. The van der Waals surface area contributed by atoms with E-state index in [1.807, 2.05) is 5.32 Å². The number of anilines is 1. The zero-order valence-corrected chi connectivity index (χ0v) is 11.3. The minimum atomic E-state index is -5.01. The number of rotatable bonds is 3. The van der Waals surface area contributed by atoms with Crippen molar-refractivity contribution >= 4 is 17.5 Å². The van der Waals surface area contributed by atoms with E-state index >= 15 is 0 Å². The van der Waals surface area contributed by atoms with E-state index in [4.69, 9.17) is 0 Å². The molecule has 0 heterocycles. The molecule has 0 fully saturated rings. The fourth-order valence-corrected chi connectivity index (χ4v) is 1.50. The lowest BCUT2D eigenvalue weighted by molar-refractivity contribution is -0.140. The van der Waals surface area contributed by atoms with E-state index in [0.29, 0.717) is 11.1 Å². The Labute approximate surface area is 117 Å². The van der Waals surface area contributed by atoms with Crippen molar-refractivity contribution in [3.63, 3.8) is 0 Å². The number of hydrogen-bond acceptors (Lipinski definition) is 3. The van der Waals surface area contributed by atoms with E-state index in [-0.39, 0.29) is 0 Å². The number of nitrogens with zero attached hydrogens (tertiary/aromatic N) is 1. The summed E-state index contributed by atoms with van der Waals surface area (Å²) in [7, 11) is 2.32. The second kappa shape index (κ2) is 6.08. The third kappa shape index (κ3) is 3.91. The van der Waals surface area contributed by atoms with E-state index in [1.165, 1.54) is 7.05 Å². The standard InChI is InChI=1S/C12H12F4N2O3/c1-6(19)17-9-5-7(11(20)18(2)21-3)4-8(10(9)13)12(14,15)16/h4-5H,1-3H3,(H,17,19). The molecule has 2 amide bonds. The van der Waals surface area contributed by atoms with Crippen molar-refractivity contribution in [3.05, 3.63) is 29.1 Å². The zero-order valence-electron chi connectivity index (χ0n) is 11.3. The van der Waals surface area contributed by atoms with Crippen LogP contribution in [-0.4, -0.2) is 31.0 Å². The van der Waals surface area contributed by atoms with Crippen LogP contribution in [0.4, 0.5) is 23.2 Å². The summed E-state index contributed by atoms with van der Waals surface area (Å²) in [5.74, 6) is -3.35. The molecule has 1 aromatic carbocycles. The number of halogens is 4. The van der Waals surface area contributed by atoms with Crippen LogP contribution in [0.3, 0.4) is 0 Å². The summed E-state index contributed by atoms with van der Waals surface area (Å²) in [6, 6.07) is 1.17.